The highest BCUT2D eigenvalue weighted by Gasteiger charge is 2.38. The van der Waals surface area contributed by atoms with Gasteiger partial charge in [0.2, 0.25) is 0 Å². The Hall–Kier alpha value is -0.850. The molecule has 17 heavy (non-hydrogen) atoms. The molecule has 96 valence electrons. The fraction of sp³-hybridized carbons (Fsp3) is 0.636. The fourth-order valence-electron chi connectivity index (χ4n) is 2.19. The molecular formula is C11H17NO4S. The first kappa shape index (κ1) is 12.6. The van der Waals surface area contributed by atoms with Gasteiger partial charge in [0, 0.05) is 12.1 Å². The second-order valence-electron chi connectivity index (χ2n) is 4.63. The van der Waals surface area contributed by atoms with Gasteiger partial charge in [-0.05, 0) is 20.0 Å². The van der Waals surface area contributed by atoms with Crippen molar-refractivity contribution in [2.75, 3.05) is 18.6 Å². The number of hydrogen-bond donors (Lipinski definition) is 1. The molecule has 0 amide bonds. The molecule has 1 fully saturated rings. The zero-order valence-corrected chi connectivity index (χ0v) is 10.8. The van der Waals surface area contributed by atoms with Crippen LogP contribution < -0.4 is 0 Å². The Labute approximate surface area is 101 Å². The number of rotatable bonds is 3. The maximum atomic E-state index is 11.4. The molecule has 1 aromatic rings. The summed E-state index contributed by atoms with van der Waals surface area (Å²) in [5.41, 5.74) is 1.02. The third-order valence-electron chi connectivity index (χ3n) is 3.25. The van der Waals surface area contributed by atoms with Crippen LogP contribution in [-0.4, -0.2) is 49.1 Å². The summed E-state index contributed by atoms with van der Waals surface area (Å²) >= 11 is 0. The van der Waals surface area contributed by atoms with Gasteiger partial charge < -0.3 is 9.52 Å². The van der Waals surface area contributed by atoms with E-state index in [1.54, 1.807) is 6.26 Å². The molecule has 6 heteroatoms. The molecule has 1 aromatic heterocycles. The lowest BCUT2D eigenvalue weighted by atomic mass is 10.1. The van der Waals surface area contributed by atoms with E-state index in [0.29, 0.717) is 6.54 Å². The first-order valence-electron chi connectivity index (χ1n) is 5.51. The van der Waals surface area contributed by atoms with Gasteiger partial charge >= 0.3 is 0 Å². The summed E-state index contributed by atoms with van der Waals surface area (Å²) in [6.45, 7) is 2.45. The van der Waals surface area contributed by atoms with Crippen LogP contribution in [0.15, 0.2) is 16.7 Å². The van der Waals surface area contributed by atoms with E-state index in [-0.39, 0.29) is 17.5 Å². The van der Waals surface area contributed by atoms with Crippen LogP contribution in [0.5, 0.6) is 0 Å². The summed E-state index contributed by atoms with van der Waals surface area (Å²) in [6.07, 6.45) is 0.817. The Bertz CT molecular complexity index is 493. The van der Waals surface area contributed by atoms with Gasteiger partial charge in [0.1, 0.15) is 5.76 Å². The summed E-state index contributed by atoms with van der Waals surface area (Å²) < 4.78 is 28.0. The average Bonchev–Trinajstić information content (AvgIpc) is 2.71. The number of hydrogen-bond acceptors (Lipinski definition) is 5. The first-order valence-corrected chi connectivity index (χ1v) is 7.33. The molecule has 0 saturated carbocycles. The van der Waals surface area contributed by atoms with Crippen molar-refractivity contribution in [2.24, 2.45) is 0 Å². The average molecular weight is 259 g/mol. The van der Waals surface area contributed by atoms with Crippen molar-refractivity contribution in [1.82, 2.24) is 4.90 Å². The summed E-state index contributed by atoms with van der Waals surface area (Å²) in [5.74, 6) is 0.723. The van der Waals surface area contributed by atoms with E-state index in [1.807, 2.05) is 24.9 Å². The molecular weight excluding hydrogens is 242 g/mol. The highest BCUT2D eigenvalue weighted by atomic mass is 32.2. The maximum Gasteiger partial charge on any atom is 0.154 e. The number of furan rings is 1. The van der Waals surface area contributed by atoms with Crippen molar-refractivity contribution in [3.05, 3.63) is 23.7 Å². The van der Waals surface area contributed by atoms with Gasteiger partial charge in [-0.2, -0.15) is 0 Å². The number of sulfone groups is 1. The zero-order chi connectivity index (χ0) is 12.6. The summed E-state index contributed by atoms with van der Waals surface area (Å²) in [5, 5.41) is 9.75. The molecule has 1 saturated heterocycles. The Morgan fingerprint density at radius 3 is 2.71 bits per heavy atom. The molecule has 2 rings (SSSR count). The van der Waals surface area contributed by atoms with E-state index in [0.717, 1.165) is 11.3 Å². The predicted molar refractivity (Wildman–Crippen MR) is 63.4 cm³/mol. The van der Waals surface area contributed by atoms with Gasteiger partial charge in [0.05, 0.1) is 29.9 Å². The molecule has 0 radical (unpaired) electrons. The number of aliphatic hydroxyl groups is 1. The third kappa shape index (κ3) is 2.70. The van der Waals surface area contributed by atoms with Crippen molar-refractivity contribution in [1.29, 1.82) is 0 Å². The molecule has 1 N–H and O–H groups in total. The highest BCUT2D eigenvalue weighted by Crippen LogP contribution is 2.20. The van der Waals surface area contributed by atoms with Crippen LogP contribution in [0.3, 0.4) is 0 Å². The molecule has 2 atom stereocenters. The lowest BCUT2D eigenvalue weighted by Crippen LogP contribution is -2.40. The summed E-state index contributed by atoms with van der Waals surface area (Å²) in [7, 11) is -1.27. The van der Waals surface area contributed by atoms with Crippen LogP contribution in [0, 0.1) is 6.92 Å². The molecule has 1 aliphatic rings. The zero-order valence-electron chi connectivity index (χ0n) is 9.96. The molecule has 2 heterocycles. The van der Waals surface area contributed by atoms with Crippen molar-refractivity contribution in [3.8, 4) is 0 Å². The highest BCUT2D eigenvalue weighted by molar-refractivity contribution is 7.91. The Morgan fingerprint density at radius 1 is 1.53 bits per heavy atom. The Balaban J connectivity index is 2.06. The lowest BCUT2D eigenvalue weighted by Gasteiger charge is -2.25. The van der Waals surface area contributed by atoms with E-state index in [1.165, 1.54) is 0 Å². The van der Waals surface area contributed by atoms with Crippen LogP contribution in [0.25, 0.3) is 0 Å². The standard InChI is InChI=1S/C11H17NO4S/c1-8-9(3-4-16-8)5-12(2)10-6-17(14,15)7-11(10)13/h3-4,10-11,13H,5-7H2,1-2H3. The molecule has 0 spiro atoms. The molecule has 0 bridgehead atoms. The monoisotopic (exact) mass is 259 g/mol. The van der Waals surface area contributed by atoms with Crippen molar-refractivity contribution in [2.45, 2.75) is 25.6 Å². The van der Waals surface area contributed by atoms with E-state index < -0.39 is 15.9 Å². The van der Waals surface area contributed by atoms with E-state index in [4.69, 9.17) is 4.42 Å². The van der Waals surface area contributed by atoms with Gasteiger partial charge in [0.15, 0.2) is 9.84 Å². The van der Waals surface area contributed by atoms with Crippen LogP contribution in [-0.2, 0) is 16.4 Å². The Kier molecular flexibility index (Phi) is 3.29. The molecule has 2 unspecified atom stereocenters. The fourth-order valence-corrected chi connectivity index (χ4v) is 4.07. The van der Waals surface area contributed by atoms with Crippen LogP contribution in [0.2, 0.25) is 0 Å². The van der Waals surface area contributed by atoms with Crippen LogP contribution in [0.4, 0.5) is 0 Å². The minimum absolute atomic E-state index is 0.0293. The SMILES string of the molecule is Cc1occc1CN(C)C1CS(=O)(=O)CC1O. The summed E-state index contributed by atoms with van der Waals surface area (Å²) in [6, 6.07) is 1.54. The van der Waals surface area contributed by atoms with Gasteiger partial charge in [-0.15, -0.1) is 0 Å². The maximum absolute atomic E-state index is 11.4. The number of aryl methyl sites for hydroxylation is 1. The normalized spacial score (nSPS) is 27.8. The van der Waals surface area contributed by atoms with Gasteiger partial charge in [-0.3, -0.25) is 4.90 Å². The van der Waals surface area contributed by atoms with Crippen molar-refractivity contribution in [3.63, 3.8) is 0 Å². The van der Waals surface area contributed by atoms with Gasteiger partial charge in [-0.25, -0.2) is 8.42 Å². The Morgan fingerprint density at radius 2 is 2.24 bits per heavy atom. The quantitative estimate of drug-likeness (QED) is 0.838. The third-order valence-corrected chi connectivity index (χ3v) is 4.94. The molecule has 5 nitrogen and oxygen atoms in total. The van der Waals surface area contributed by atoms with E-state index in [9.17, 15) is 13.5 Å². The number of nitrogens with zero attached hydrogens (tertiary/aromatic N) is 1. The first-order chi connectivity index (χ1) is 7.89. The van der Waals surface area contributed by atoms with Crippen molar-refractivity contribution < 1.29 is 17.9 Å². The van der Waals surface area contributed by atoms with Gasteiger partial charge in [-0.1, -0.05) is 0 Å². The topological polar surface area (TPSA) is 70.8 Å². The second kappa shape index (κ2) is 4.44. The molecule has 0 aromatic carbocycles. The number of aliphatic hydroxyl groups excluding tert-OH is 1. The van der Waals surface area contributed by atoms with E-state index in [2.05, 4.69) is 0 Å². The molecule has 1 aliphatic heterocycles. The molecule has 0 aliphatic carbocycles. The van der Waals surface area contributed by atoms with E-state index >= 15 is 0 Å². The largest absolute Gasteiger partial charge is 0.469 e. The minimum atomic E-state index is -3.09. The van der Waals surface area contributed by atoms with Crippen LogP contribution in [0.1, 0.15) is 11.3 Å². The van der Waals surface area contributed by atoms with Gasteiger partial charge in [0.25, 0.3) is 0 Å². The predicted octanol–water partition coefficient (Wildman–Crippen LogP) is 0.178. The smallest absolute Gasteiger partial charge is 0.154 e. The number of likely N-dealkylation sites (N-methyl/N-ethyl adjacent to an activating group) is 1. The van der Waals surface area contributed by atoms with Crippen molar-refractivity contribution >= 4 is 9.84 Å². The minimum Gasteiger partial charge on any atom is -0.469 e. The lowest BCUT2D eigenvalue weighted by molar-refractivity contribution is 0.0955. The second-order valence-corrected chi connectivity index (χ2v) is 6.78. The summed E-state index contributed by atoms with van der Waals surface area (Å²) in [4.78, 5) is 1.87. The van der Waals surface area contributed by atoms with Crippen LogP contribution >= 0.6 is 0 Å².